The fraction of sp³-hybridized carbons (Fsp3) is 0.727. The predicted molar refractivity (Wildman–Crippen MR) is 54.7 cm³/mol. The van der Waals surface area contributed by atoms with E-state index in [1.165, 1.54) is 0 Å². The smallest absolute Gasteiger partial charge is 0.155 e. The van der Waals surface area contributed by atoms with Crippen molar-refractivity contribution >= 4 is 5.78 Å². The van der Waals surface area contributed by atoms with Crippen molar-refractivity contribution in [1.29, 1.82) is 0 Å². The molecule has 0 saturated carbocycles. The third-order valence-electron chi connectivity index (χ3n) is 2.23. The Labute approximate surface area is 81.0 Å². The van der Waals surface area contributed by atoms with E-state index < -0.39 is 0 Å². The van der Waals surface area contributed by atoms with Crippen LogP contribution in [0.4, 0.5) is 0 Å². The lowest BCUT2D eigenvalue weighted by molar-refractivity contribution is -0.114. The molecule has 0 rings (SSSR count). The highest BCUT2D eigenvalue weighted by atomic mass is 16.5. The van der Waals surface area contributed by atoms with Gasteiger partial charge in [0.2, 0.25) is 0 Å². The zero-order valence-corrected chi connectivity index (χ0v) is 9.04. The second-order valence-corrected chi connectivity index (χ2v) is 3.22. The minimum Gasteiger partial charge on any atom is -0.381 e. The summed E-state index contributed by atoms with van der Waals surface area (Å²) >= 11 is 0. The highest BCUT2D eigenvalue weighted by Crippen LogP contribution is 2.11. The Morgan fingerprint density at radius 2 is 2.08 bits per heavy atom. The van der Waals surface area contributed by atoms with Crippen molar-refractivity contribution in [3.05, 3.63) is 12.2 Å². The van der Waals surface area contributed by atoms with Gasteiger partial charge in [0.25, 0.3) is 0 Å². The molecule has 0 aromatic carbocycles. The SMILES string of the molecule is CCC(=O)/C=C/[C@@H](C)[C@@H](CC)OC. The minimum atomic E-state index is 0.179. The van der Waals surface area contributed by atoms with Crippen LogP contribution in [0.25, 0.3) is 0 Å². The molecule has 0 aliphatic carbocycles. The monoisotopic (exact) mass is 184 g/mol. The topological polar surface area (TPSA) is 26.3 Å². The van der Waals surface area contributed by atoms with Gasteiger partial charge in [-0.05, 0) is 12.5 Å². The number of carbonyl (C=O) groups is 1. The van der Waals surface area contributed by atoms with Crippen molar-refractivity contribution in [2.45, 2.75) is 39.7 Å². The van der Waals surface area contributed by atoms with Crippen LogP contribution in [-0.4, -0.2) is 19.0 Å². The summed E-state index contributed by atoms with van der Waals surface area (Å²) in [6.07, 6.45) is 5.37. The summed E-state index contributed by atoms with van der Waals surface area (Å²) in [5.74, 6) is 0.489. The average Bonchev–Trinajstić information content (AvgIpc) is 2.16. The molecule has 0 aromatic rings. The number of methoxy groups -OCH3 is 1. The second kappa shape index (κ2) is 6.84. The molecule has 0 fully saturated rings. The van der Waals surface area contributed by atoms with Crippen molar-refractivity contribution in [3.8, 4) is 0 Å². The Balaban J connectivity index is 4.03. The molecule has 13 heavy (non-hydrogen) atoms. The number of rotatable bonds is 6. The normalized spacial score (nSPS) is 16.0. The summed E-state index contributed by atoms with van der Waals surface area (Å²) in [5.41, 5.74) is 0. The zero-order valence-electron chi connectivity index (χ0n) is 9.04. The lowest BCUT2D eigenvalue weighted by Gasteiger charge is -2.17. The van der Waals surface area contributed by atoms with Gasteiger partial charge in [-0.25, -0.2) is 0 Å². The fourth-order valence-corrected chi connectivity index (χ4v) is 1.25. The summed E-state index contributed by atoms with van der Waals surface area (Å²) in [4.78, 5) is 11.0. The van der Waals surface area contributed by atoms with Gasteiger partial charge in [0.15, 0.2) is 5.78 Å². The molecule has 0 heterocycles. The van der Waals surface area contributed by atoms with E-state index in [9.17, 15) is 4.79 Å². The number of ether oxygens (including phenoxy) is 1. The Morgan fingerprint density at radius 3 is 2.46 bits per heavy atom. The Kier molecular flexibility index (Phi) is 6.51. The molecule has 2 heteroatoms. The van der Waals surface area contributed by atoms with Gasteiger partial charge in [0, 0.05) is 19.4 Å². The summed E-state index contributed by atoms with van der Waals surface area (Å²) in [6, 6.07) is 0. The molecule has 0 amide bonds. The molecule has 2 atom stereocenters. The average molecular weight is 184 g/mol. The third-order valence-corrected chi connectivity index (χ3v) is 2.23. The van der Waals surface area contributed by atoms with Gasteiger partial charge in [0.1, 0.15) is 0 Å². The van der Waals surface area contributed by atoms with Gasteiger partial charge >= 0.3 is 0 Å². The van der Waals surface area contributed by atoms with Crippen LogP contribution in [0.5, 0.6) is 0 Å². The van der Waals surface area contributed by atoms with Gasteiger partial charge < -0.3 is 4.74 Å². The Morgan fingerprint density at radius 1 is 1.46 bits per heavy atom. The van der Waals surface area contributed by atoms with Crippen LogP contribution in [0.3, 0.4) is 0 Å². The third kappa shape index (κ3) is 4.83. The van der Waals surface area contributed by atoms with Crippen LogP contribution in [0.2, 0.25) is 0 Å². The van der Waals surface area contributed by atoms with Gasteiger partial charge in [-0.1, -0.05) is 26.8 Å². The molecular weight excluding hydrogens is 164 g/mol. The lowest BCUT2D eigenvalue weighted by Crippen LogP contribution is -2.17. The van der Waals surface area contributed by atoms with E-state index in [0.717, 1.165) is 6.42 Å². The molecule has 0 bridgehead atoms. The summed E-state index contributed by atoms with van der Waals surface area (Å²) in [7, 11) is 1.71. The number of hydrogen-bond donors (Lipinski definition) is 0. The van der Waals surface area contributed by atoms with E-state index in [1.807, 2.05) is 13.0 Å². The van der Waals surface area contributed by atoms with Crippen LogP contribution in [0.1, 0.15) is 33.6 Å². The highest BCUT2D eigenvalue weighted by Gasteiger charge is 2.11. The lowest BCUT2D eigenvalue weighted by atomic mass is 10.0. The van der Waals surface area contributed by atoms with Crippen molar-refractivity contribution < 1.29 is 9.53 Å². The first-order valence-electron chi connectivity index (χ1n) is 4.89. The van der Waals surface area contributed by atoms with Gasteiger partial charge in [-0.3, -0.25) is 4.79 Å². The molecule has 0 radical (unpaired) electrons. The molecule has 0 saturated heterocycles. The molecule has 0 N–H and O–H groups in total. The van der Waals surface area contributed by atoms with Gasteiger partial charge in [-0.2, -0.15) is 0 Å². The molecule has 0 unspecified atom stereocenters. The van der Waals surface area contributed by atoms with Crippen LogP contribution in [0, 0.1) is 5.92 Å². The standard InChI is InChI=1S/C11H20O2/c1-5-10(12)8-7-9(3)11(6-2)13-4/h7-9,11H,5-6H2,1-4H3/b8-7+/t9-,11-/m1/s1. The quantitative estimate of drug-likeness (QED) is 0.593. The van der Waals surface area contributed by atoms with E-state index >= 15 is 0 Å². The predicted octanol–water partition coefficient (Wildman–Crippen LogP) is 2.58. The summed E-state index contributed by atoms with van der Waals surface area (Å²) in [6.45, 7) is 6.02. The minimum absolute atomic E-state index is 0.179. The van der Waals surface area contributed by atoms with Crippen molar-refractivity contribution in [1.82, 2.24) is 0 Å². The van der Waals surface area contributed by atoms with E-state index in [2.05, 4.69) is 13.8 Å². The van der Waals surface area contributed by atoms with Crippen molar-refractivity contribution in [2.75, 3.05) is 7.11 Å². The fourth-order valence-electron chi connectivity index (χ4n) is 1.25. The van der Waals surface area contributed by atoms with Crippen LogP contribution in [-0.2, 0) is 9.53 Å². The van der Waals surface area contributed by atoms with Gasteiger partial charge in [-0.15, -0.1) is 0 Å². The number of hydrogen-bond acceptors (Lipinski definition) is 2. The number of allylic oxidation sites excluding steroid dienone is 1. The second-order valence-electron chi connectivity index (χ2n) is 3.22. The molecule has 0 spiro atoms. The van der Waals surface area contributed by atoms with Crippen molar-refractivity contribution in [2.24, 2.45) is 5.92 Å². The number of carbonyl (C=O) groups excluding carboxylic acids is 1. The molecule has 0 aliphatic rings. The first-order valence-corrected chi connectivity index (χ1v) is 4.89. The van der Waals surface area contributed by atoms with Crippen LogP contribution in [0.15, 0.2) is 12.2 Å². The Bertz CT molecular complexity index is 169. The largest absolute Gasteiger partial charge is 0.381 e. The van der Waals surface area contributed by atoms with Crippen molar-refractivity contribution in [3.63, 3.8) is 0 Å². The maximum Gasteiger partial charge on any atom is 0.155 e. The van der Waals surface area contributed by atoms with Gasteiger partial charge in [0.05, 0.1) is 6.10 Å². The van der Waals surface area contributed by atoms with E-state index in [1.54, 1.807) is 13.2 Å². The summed E-state index contributed by atoms with van der Waals surface area (Å²) < 4.78 is 5.26. The first-order chi connectivity index (χ1) is 6.15. The van der Waals surface area contributed by atoms with E-state index in [0.29, 0.717) is 12.3 Å². The van der Waals surface area contributed by atoms with E-state index in [-0.39, 0.29) is 11.9 Å². The highest BCUT2D eigenvalue weighted by molar-refractivity contribution is 5.89. The molecule has 76 valence electrons. The Hall–Kier alpha value is -0.630. The van der Waals surface area contributed by atoms with E-state index in [4.69, 9.17) is 4.74 Å². The maximum absolute atomic E-state index is 11.0. The summed E-state index contributed by atoms with van der Waals surface area (Å²) in [5, 5.41) is 0. The van der Waals surface area contributed by atoms with Crippen LogP contribution < -0.4 is 0 Å². The molecule has 2 nitrogen and oxygen atoms in total. The van der Waals surface area contributed by atoms with Crippen LogP contribution >= 0.6 is 0 Å². The molecule has 0 aliphatic heterocycles. The zero-order chi connectivity index (χ0) is 10.3. The first kappa shape index (κ1) is 12.4. The molecule has 0 aromatic heterocycles. The maximum atomic E-state index is 11.0. The molecular formula is C11H20O2. The number of ketones is 1.